The summed E-state index contributed by atoms with van der Waals surface area (Å²) in [5.41, 5.74) is 5.53. The van der Waals surface area contributed by atoms with E-state index >= 15 is 0 Å². The molecule has 2 saturated heterocycles. The fourth-order valence-corrected chi connectivity index (χ4v) is 3.72. The van der Waals surface area contributed by atoms with Gasteiger partial charge in [-0.2, -0.15) is 20.1 Å². The summed E-state index contributed by atoms with van der Waals surface area (Å²) < 4.78 is 0. The van der Waals surface area contributed by atoms with Gasteiger partial charge in [-0.25, -0.2) is 5.43 Å². The molecule has 4 rings (SSSR count). The molecule has 1 aromatic carbocycles. The summed E-state index contributed by atoms with van der Waals surface area (Å²) in [7, 11) is 0. The lowest BCUT2D eigenvalue weighted by Crippen LogP contribution is -2.25. The van der Waals surface area contributed by atoms with Gasteiger partial charge in [0.15, 0.2) is 0 Å². The Bertz CT molecular complexity index is 881. The minimum absolute atomic E-state index is 0.0905. The first-order valence-electron chi connectivity index (χ1n) is 10.5. The maximum atomic E-state index is 11.2. The predicted molar refractivity (Wildman–Crippen MR) is 119 cm³/mol. The van der Waals surface area contributed by atoms with E-state index in [0.29, 0.717) is 5.95 Å². The highest BCUT2D eigenvalue weighted by atomic mass is 16.1. The molecular weight excluding hydrogens is 380 g/mol. The quantitative estimate of drug-likeness (QED) is 0.560. The summed E-state index contributed by atoms with van der Waals surface area (Å²) in [5, 5.41) is 7.24. The van der Waals surface area contributed by atoms with Crippen molar-refractivity contribution >= 4 is 35.2 Å². The van der Waals surface area contributed by atoms with Crippen LogP contribution in [0.2, 0.25) is 0 Å². The van der Waals surface area contributed by atoms with Crippen LogP contribution in [0.5, 0.6) is 0 Å². The van der Waals surface area contributed by atoms with E-state index in [4.69, 9.17) is 4.98 Å². The van der Waals surface area contributed by atoms with Crippen molar-refractivity contribution in [3.05, 3.63) is 29.8 Å². The average molecular weight is 409 g/mol. The lowest BCUT2D eigenvalue weighted by Gasteiger charge is -2.20. The molecule has 0 radical (unpaired) electrons. The van der Waals surface area contributed by atoms with E-state index in [1.807, 2.05) is 31.2 Å². The lowest BCUT2D eigenvalue weighted by atomic mass is 10.1. The number of carbonyl (C=O) groups is 1. The zero-order chi connectivity index (χ0) is 20.9. The number of amides is 1. The van der Waals surface area contributed by atoms with Crippen molar-refractivity contribution < 1.29 is 4.79 Å². The summed E-state index contributed by atoms with van der Waals surface area (Å²) in [6.07, 6.45) is 4.66. The number of hydrazone groups is 1. The van der Waals surface area contributed by atoms with E-state index in [0.717, 1.165) is 55.0 Å². The van der Waals surface area contributed by atoms with Crippen molar-refractivity contribution in [3.8, 4) is 0 Å². The highest BCUT2D eigenvalue weighted by Gasteiger charge is 2.21. The molecule has 1 amide bonds. The summed E-state index contributed by atoms with van der Waals surface area (Å²) in [5.74, 6) is 1.81. The molecule has 158 valence electrons. The molecule has 0 aliphatic carbocycles. The number of rotatable bonds is 6. The average Bonchev–Trinajstić information content (AvgIpc) is 3.46. The zero-order valence-corrected chi connectivity index (χ0v) is 17.6. The van der Waals surface area contributed by atoms with Gasteiger partial charge in [-0.15, -0.1) is 0 Å². The van der Waals surface area contributed by atoms with Crippen LogP contribution in [-0.2, 0) is 4.79 Å². The standard InChI is InChI=1S/C21H28N8O/c1-15(17-7-9-18(10-8-17)22-16(2)30)26-27-19-23-20(28-11-3-4-12-28)25-21(24-19)29-13-5-6-14-29/h7-10H,3-6,11-14H2,1-2H3,(H,22,30)(H,23,24,25,27)/b26-15+. The number of nitrogens with one attached hydrogen (secondary N) is 2. The molecule has 0 saturated carbocycles. The van der Waals surface area contributed by atoms with E-state index in [1.54, 1.807) is 0 Å². The van der Waals surface area contributed by atoms with E-state index < -0.39 is 0 Å². The zero-order valence-electron chi connectivity index (χ0n) is 17.6. The van der Waals surface area contributed by atoms with Crippen LogP contribution in [0.25, 0.3) is 0 Å². The summed E-state index contributed by atoms with van der Waals surface area (Å²) in [6.45, 7) is 7.33. The van der Waals surface area contributed by atoms with Crippen molar-refractivity contribution in [2.75, 3.05) is 46.7 Å². The predicted octanol–water partition coefficient (Wildman–Crippen LogP) is 2.87. The molecule has 2 aromatic rings. The van der Waals surface area contributed by atoms with Crippen LogP contribution in [0.3, 0.4) is 0 Å². The van der Waals surface area contributed by atoms with Gasteiger partial charge in [-0.1, -0.05) is 12.1 Å². The van der Waals surface area contributed by atoms with Gasteiger partial charge < -0.3 is 15.1 Å². The van der Waals surface area contributed by atoms with Gasteiger partial charge in [0.1, 0.15) is 0 Å². The Hall–Kier alpha value is -3.23. The molecule has 2 fully saturated rings. The van der Waals surface area contributed by atoms with Crippen molar-refractivity contribution in [3.63, 3.8) is 0 Å². The van der Waals surface area contributed by atoms with Gasteiger partial charge in [0, 0.05) is 38.8 Å². The maximum absolute atomic E-state index is 11.2. The third-order valence-corrected chi connectivity index (χ3v) is 5.34. The first-order chi connectivity index (χ1) is 14.6. The van der Waals surface area contributed by atoms with E-state index in [9.17, 15) is 4.79 Å². The fourth-order valence-electron chi connectivity index (χ4n) is 3.72. The molecule has 0 atom stereocenters. The lowest BCUT2D eigenvalue weighted by molar-refractivity contribution is -0.114. The van der Waals surface area contributed by atoms with Crippen molar-refractivity contribution in [1.29, 1.82) is 0 Å². The van der Waals surface area contributed by atoms with Crippen LogP contribution < -0.4 is 20.5 Å². The number of hydrogen-bond acceptors (Lipinski definition) is 8. The SMILES string of the molecule is CC(=O)Nc1ccc(/C(C)=N/Nc2nc(N3CCCC3)nc(N3CCCC3)n2)cc1. The molecule has 1 aromatic heterocycles. The second-order valence-electron chi connectivity index (χ2n) is 7.71. The molecule has 2 aliphatic rings. The van der Waals surface area contributed by atoms with Gasteiger partial charge in [0.05, 0.1) is 5.71 Å². The Morgan fingerprint density at radius 2 is 1.40 bits per heavy atom. The Morgan fingerprint density at radius 1 is 0.867 bits per heavy atom. The second-order valence-corrected chi connectivity index (χ2v) is 7.71. The van der Waals surface area contributed by atoms with E-state index in [2.05, 4.69) is 35.6 Å². The topological polar surface area (TPSA) is 98.6 Å². The minimum Gasteiger partial charge on any atom is -0.341 e. The normalized spacial score (nSPS) is 16.8. The van der Waals surface area contributed by atoms with Crippen molar-refractivity contribution in [2.24, 2.45) is 5.10 Å². The highest BCUT2D eigenvalue weighted by Crippen LogP contribution is 2.23. The number of hydrogen-bond donors (Lipinski definition) is 2. The summed E-state index contributed by atoms with van der Waals surface area (Å²) >= 11 is 0. The van der Waals surface area contributed by atoms with E-state index in [-0.39, 0.29) is 5.91 Å². The van der Waals surface area contributed by atoms with Crippen LogP contribution >= 0.6 is 0 Å². The van der Waals surface area contributed by atoms with Gasteiger partial charge in [-0.3, -0.25) is 4.79 Å². The third-order valence-electron chi connectivity index (χ3n) is 5.34. The Balaban J connectivity index is 1.52. The first-order valence-corrected chi connectivity index (χ1v) is 10.5. The Labute approximate surface area is 176 Å². The van der Waals surface area contributed by atoms with Gasteiger partial charge in [0.25, 0.3) is 0 Å². The molecule has 9 heteroatoms. The maximum Gasteiger partial charge on any atom is 0.250 e. The molecule has 3 heterocycles. The number of aromatic nitrogens is 3. The Kier molecular flexibility index (Phi) is 6.06. The van der Waals surface area contributed by atoms with Gasteiger partial charge >= 0.3 is 0 Å². The van der Waals surface area contributed by atoms with Crippen LogP contribution in [0.15, 0.2) is 29.4 Å². The van der Waals surface area contributed by atoms with Crippen LogP contribution in [0.1, 0.15) is 45.1 Å². The first kappa shape index (κ1) is 20.1. The monoisotopic (exact) mass is 408 g/mol. The molecule has 2 aliphatic heterocycles. The molecule has 30 heavy (non-hydrogen) atoms. The van der Waals surface area contributed by atoms with Crippen LogP contribution in [0, 0.1) is 0 Å². The molecule has 0 spiro atoms. The van der Waals surface area contributed by atoms with Gasteiger partial charge in [-0.05, 0) is 50.3 Å². The van der Waals surface area contributed by atoms with Crippen LogP contribution in [0.4, 0.5) is 23.5 Å². The van der Waals surface area contributed by atoms with Crippen molar-refractivity contribution in [1.82, 2.24) is 15.0 Å². The summed E-state index contributed by atoms with van der Waals surface area (Å²) in [6, 6.07) is 7.56. The largest absolute Gasteiger partial charge is 0.341 e. The number of nitrogens with zero attached hydrogens (tertiary/aromatic N) is 6. The van der Waals surface area contributed by atoms with E-state index in [1.165, 1.54) is 32.6 Å². The molecule has 9 nitrogen and oxygen atoms in total. The van der Waals surface area contributed by atoms with Crippen LogP contribution in [-0.4, -0.2) is 52.7 Å². The second kappa shape index (κ2) is 9.06. The van der Waals surface area contributed by atoms with Gasteiger partial charge in [0.2, 0.25) is 23.8 Å². The number of carbonyl (C=O) groups excluding carboxylic acids is 1. The number of benzene rings is 1. The molecule has 0 bridgehead atoms. The number of anilines is 4. The highest BCUT2D eigenvalue weighted by molar-refractivity contribution is 5.99. The molecule has 2 N–H and O–H groups in total. The fraction of sp³-hybridized carbons (Fsp3) is 0.476. The molecule has 0 unspecified atom stereocenters. The minimum atomic E-state index is -0.0905. The smallest absolute Gasteiger partial charge is 0.250 e. The Morgan fingerprint density at radius 3 is 1.90 bits per heavy atom. The van der Waals surface area contributed by atoms with Crippen molar-refractivity contribution in [2.45, 2.75) is 39.5 Å². The summed E-state index contributed by atoms with van der Waals surface area (Å²) in [4.78, 5) is 29.5. The third kappa shape index (κ3) is 4.84. The molecular formula is C21H28N8O.